The predicted molar refractivity (Wildman–Crippen MR) is 112 cm³/mol. The van der Waals surface area contributed by atoms with E-state index in [2.05, 4.69) is 84.0 Å². The monoisotopic (exact) mass is 359 g/mol. The first-order valence-corrected chi connectivity index (χ1v) is 9.50. The lowest BCUT2D eigenvalue weighted by molar-refractivity contribution is 0.00578. The summed E-state index contributed by atoms with van der Waals surface area (Å²) in [5.41, 5.74) is 5.91. The van der Waals surface area contributed by atoms with Gasteiger partial charge in [0.1, 0.15) is 0 Å². The molecule has 27 heavy (non-hydrogen) atoms. The Morgan fingerprint density at radius 1 is 0.815 bits per heavy atom. The summed E-state index contributed by atoms with van der Waals surface area (Å²) in [6.45, 7) is 12.5. The van der Waals surface area contributed by atoms with Gasteiger partial charge in [0.15, 0.2) is 0 Å². The number of aromatic nitrogens is 1. The van der Waals surface area contributed by atoms with Crippen molar-refractivity contribution in [1.82, 2.24) is 4.98 Å². The maximum atomic E-state index is 6.25. The molecule has 4 heteroatoms. The first-order chi connectivity index (χ1) is 12.7. The van der Waals surface area contributed by atoms with Gasteiger partial charge in [0.05, 0.1) is 22.4 Å². The van der Waals surface area contributed by atoms with Crippen LogP contribution >= 0.6 is 0 Å². The second-order valence-electron chi connectivity index (χ2n) is 8.58. The molecule has 1 saturated heterocycles. The van der Waals surface area contributed by atoms with Crippen LogP contribution in [0.15, 0.2) is 48.5 Å². The molecule has 0 amide bonds. The van der Waals surface area contributed by atoms with Crippen molar-refractivity contribution in [1.29, 1.82) is 0 Å². The van der Waals surface area contributed by atoms with Gasteiger partial charge in [0.25, 0.3) is 0 Å². The van der Waals surface area contributed by atoms with Gasteiger partial charge in [-0.15, -0.1) is 0 Å². The van der Waals surface area contributed by atoms with Crippen LogP contribution in [-0.2, 0) is 9.31 Å². The lowest BCUT2D eigenvalue weighted by atomic mass is 9.76. The normalized spacial score (nSPS) is 18.2. The van der Waals surface area contributed by atoms with E-state index in [0.29, 0.717) is 0 Å². The molecule has 0 atom stereocenters. The van der Waals surface area contributed by atoms with E-state index in [1.807, 2.05) is 6.07 Å². The van der Waals surface area contributed by atoms with E-state index >= 15 is 0 Å². The van der Waals surface area contributed by atoms with Gasteiger partial charge < -0.3 is 9.31 Å². The van der Waals surface area contributed by atoms with E-state index in [9.17, 15) is 0 Å². The summed E-state index contributed by atoms with van der Waals surface area (Å²) in [4.78, 5) is 4.92. The molecule has 1 aliphatic heterocycles. The number of aryl methyl sites for hydroxylation is 2. The summed E-state index contributed by atoms with van der Waals surface area (Å²) in [5, 5.41) is 1.07. The van der Waals surface area contributed by atoms with Crippen LogP contribution in [0.1, 0.15) is 38.8 Å². The van der Waals surface area contributed by atoms with Crippen LogP contribution < -0.4 is 5.46 Å². The minimum absolute atomic E-state index is 0.355. The van der Waals surface area contributed by atoms with Crippen molar-refractivity contribution in [3.8, 4) is 11.3 Å². The summed E-state index contributed by atoms with van der Waals surface area (Å²) < 4.78 is 12.5. The van der Waals surface area contributed by atoms with Gasteiger partial charge in [0.2, 0.25) is 0 Å². The number of hydrogen-bond acceptors (Lipinski definition) is 3. The maximum absolute atomic E-state index is 6.25. The fraction of sp³-hybridized carbons (Fsp3) is 0.348. The number of hydrogen-bond donors (Lipinski definition) is 0. The van der Waals surface area contributed by atoms with Crippen molar-refractivity contribution in [2.24, 2.45) is 0 Å². The van der Waals surface area contributed by atoms with E-state index in [4.69, 9.17) is 14.3 Å². The summed E-state index contributed by atoms with van der Waals surface area (Å²) in [7, 11) is -0.382. The average molecular weight is 359 g/mol. The Balaban J connectivity index is 1.78. The molecule has 2 aromatic carbocycles. The fourth-order valence-electron chi connectivity index (χ4n) is 3.64. The molecule has 2 heterocycles. The molecule has 1 aliphatic rings. The third kappa shape index (κ3) is 3.17. The quantitative estimate of drug-likeness (QED) is 0.615. The highest BCUT2D eigenvalue weighted by molar-refractivity contribution is 6.65. The van der Waals surface area contributed by atoms with Crippen LogP contribution in [-0.4, -0.2) is 23.3 Å². The topological polar surface area (TPSA) is 31.4 Å². The SMILES string of the molecule is Cc1cc(C)cc(-c2ccc3c(B4OC(C)(C)C(C)(C)O4)cccc3n2)c1. The molecule has 0 spiro atoms. The zero-order chi connectivity index (χ0) is 19.4. The molecule has 3 aromatic rings. The van der Waals surface area contributed by atoms with Gasteiger partial charge in [-0.25, -0.2) is 4.98 Å². The Morgan fingerprint density at radius 3 is 2.07 bits per heavy atom. The molecule has 4 rings (SSSR count). The first kappa shape index (κ1) is 18.2. The third-order valence-corrected chi connectivity index (χ3v) is 5.79. The van der Waals surface area contributed by atoms with Crippen molar-refractivity contribution in [2.45, 2.75) is 52.7 Å². The molecule has 0 radical (unpaired) electrons. The molecule has 1 aromatic heterocycles. The number of benzene rings is 2. The number of rotatable bonds is 2. The van der Waals surface area contributed by atoms with E-state index in [1.54, 1.807) is 0 Å². The standard InChI is InChI=1S/C23H26BNO2/c1-15-12-16(2)14-17(13-15)20-11-10-18-19(8-7-9-21(18)25-20)24-26-22(3,4)23(5,6)27-24/h7-14H,1-6H3. The minimum atomic E-state index is -0.382. The van der Waals surface area contributed by atoms with E-state index in [0.717, 1.165) is 27.6 Å². The smallest absolute Gasteiger partial charge is 0.399 e. The number of nitrogens with zero attached hydrogens (tertiary/aromatic N) is 1. The van der Waals surface area contributed by atoms with Crippen LogP contribution in [0.5, 0.6) is 0 Å². The molecule has 138 valence electrons. The molecule has 0 saturated carbocycles. The van der Waals surface area contributed by atoms with Gasteiger partial charge in [-0.2, -0.15) is 0 Å². The predicted octanol–water partition coefficient (Wildman–Crippen LogP) is 4.82. The van der Waals surface area contributed by atoms with Crippen molar-refractivity contribution >= 4 is 23.5 Å². The van der Waals surface area contributed by atoms with Gasteiger partial charge >= 0.3 is 7.12 Å². The van der Waals surface area contributed by atoms with E-state index in [-0.39, 0.29) is 18.3 Å². The van der Waals surface area contributed by atoms with Gasteiger partial charge in [-0.3, -0.25) is 0 Å². The van der Waals surface area contributed by atoms with Crippen LogP contribution in [0.2, 0.25) is 0 Å². The van der Waals surface area contributed by atoms with Gasteiger partial charge in [-0.1, -0.05) is 35.4 Å². The average Bonchev–Trinajstić information content (AvgIpc) is 2.80. The summed E-state index contributed by atoms with van der Waals surface area (Å²) in [6, 6.07) is 16.9. The highest BCUT2D eigenvalue weighted by atomic mass is 16.7. The van der Waals surface area contributed by atoms with Crippen LogP contribution in [0.25, 0.3) is 22.2 Å². The Bertz CT molecular complexity index is 990. The Labute approximate surface area is 161 Å². The first-order valence-electron chi connectivity index (χ1n) is 9.50. The van der Waals surface area contributed by atoms with Gasteiger partial charge in [0, 0.05) is 5.56 Å². The molecule has 0 N–H and O–H groups in total. The number of fused-ring (bicyclic) bond motifs is 1. The highest BCUT2D eigenvalue weighted by Gasteiger charge is 2.52. The molecule has 0 bridgehead atoms. The fourth-order valence-corrected chi connectivity index (χ4v) is 3.64. The molecule has 1 fully saturated rings. The highest BCUT2D eigenvalue weighted by Crippen LogP contribution is 2.37. The molecule has 3 nitrogen and oxygen atoms in total. The number of pyridine rings is 1. The zero-order valence-corrected chi connectivity index (χ0v) is 17.0. The maximum Gasteiger partial charge on any atom is 0.495 e. The summed E-state index contributed by atoms with van der Waals surface area (Å²) >= 11 is 0. The molecular formula is C23H26BNO2. The second kappa shape index (κ2) is 6.18. The molecule has 0 aliphatic carbocycles. The van der Waals surface area contributed by atoms with Crippen molar-refractivity contribution < 1.29 is 9.31 Å². The molecule has 0 unspecified atom stereocenters. The lowest BCUT2D eigenvalue weighted by Crippen LogP contribution is -2.41. The van der Waals surface area contributed by atoms with Crippen molar-refractivity contribution in [3.05, 3.63) is 59.7 Å². The zero-order valence-electron chi connectivity index (χ0n) is 17.0. The van der Waals surface area contributed by atoms with Crippen LogP contribution in [0.3, 0.4) is 0 Å². The van der Waals surface area contributed by atoms with Crippen LogP contribution in [0.4, 0.5) is 0 Å². The largest absolute Gasteiger partial charge is 0.495 e. The van der Waals surface area contributed by atoms with Gasteiger partial charge in [-0.05, 0) is 76.7 Å². The van der Waals surface area contributed by atoms with Crippen molar-refractivity contribution in [3.63, 3.8) is 0 Å². The molecular weight excluding hydrogens is 333 g/mol. The van der Waals surface area contributed by atoms with Crippen molar-refractivity contribution in [2.75, 3.05) is 0 Å². The van der Waals surface area contributed by atoms with E-state index in [1.165, 1.54) is 11.1 Å². The van der Waals surface area contributed by atoms with Crippen LogP contribution in [0, 0.1) is 13.8 Å². The minimum Gasteiger partial charge on any atom is -0.399 e. The lowest BCUT2D eigenvalue weighted by Gasteiger charge is -2.32. The summed E-state index contributed by atoms with van der Waals surface area (Å²) in [5.74, 6) is 0. The summed E-state index contributed by atoms with van der Waals surface area (Å²) in [6.07, 6.45) is 0. The second-order valence-corrected chi connectivity index (χ2v) is 8.58. The third-order valence-electron chi connectivity index (χ3n) is 5.79. The van der Waals surface area contributed by atoms with E-state index < -0.39 is 0 Å². The Kier molecular flexibility index (Phi) is 4.17. The Hall–Kier alpha value is -2.17. The Morgan fingerprint density at radius 2 is 1.44 bits per heavy atom.